The molecule has 7 atom stereocenters. The SMILES string of the molecule is CC(C)C[C@H](NC(=O)[C@H](Cc1ccc(O)cc1)NC(=O)[C@@H]1CCCN1C(=O)[C@H](CC(=O)O)NC(=O)[C@@H](N)CC(N)=O)C(=O)N[C@@H](CCCN=C(N)N)C(=O)N[C@@H](Cc1ccccc1)C(N)=O. The molecule has 1 aliphatic heterocycles. The topological polar surface area (TPSA) is 400 Å². The summed E-state index contributed by atoms with van der Waals surface area (Å²) in [7, 11) is 0. The number of carbonyl (C=O) groups is 9. The number of nitrogens with one attached hydrogen (secondary N) is 5. The lowest BCUT2D eigenvalue weighted by molar-refractivity contribution is -0.146. The molecule has 2 aromatic rings. The highest BCUT2D eigenvalue weighted by Crippen LogP contribution is 2.21. The number of guanidine groups is 1. The van der Waals surface area contributed by atoms with Crippen molar-refractivity contribution < 1.29 is 53.4 Å². The normalized spacial score (nSPS) is 16.0. The lowest BCUT2D eigenvalue weighted by Gasteiger charge is -2.30. The summed E-state index contributed by atoms with van der Waals surface area (Å²) in [5.41, 5.74) is 28.6. The number of aliphatic carboxylic acids is 1. The summed E-state index contributed by atoms with van der Waals surface area (Å²) in [6, 6.07) is 5.06. The number of likely N-dealkylation sites (tertiary alicyclic amines) is 1. The molecule has 1 aliphatic rings. The fourth-order valence-corrected chi connectivity index (χ4v) is 7.18. The zero-order chi connectivity index (χ0) is 49.1. The van der Waals surface area contributed by atoms with E-state index in [4.69, 9.17) is 28.7 Å². The minimum atomic E-state index is -1.68. The minimum Gasteiger partial charge on any atom is -0.508 e. The van der Waals surface area contributed by atoms with Gasteiger partial charge in [0.25, 0.3) is 0 Å². The molecule has 0 saturated carbocycles. The Kier molecular flexibility index (Phi) is 20.8. The van der Waals surface area contributed by atoms with Crippen molar-refractivity contribution in [2.75, 3.05) is 13.1 Å². The van der Waals surface area contributed by atoms with E-state index in [0.29, 0.717) is 11.1 Å². The number of carboxylic acids is 1. The molecule has 1 heterocycles. The number of aliphatic imine (C=N–C) groups is 1. The predicted octanol–water partition coefficient (Wildman–Crippen LogP) is -3.15. The van der Waals surface area contributed by atoms with Crippen molar-refractivity contribution in [1.29, 1.82) is 0 Å². The van der Waals surface area contributed by atoms with Gasteiger partial charge in [0.2, 0.25) is 47.3 Å². The number of primary amides is 2. The second-order valence-electron chi connectivity index (χ2n) is 16.4. The van der Waals surface area contributed by atoms with Crippen LogP contribution >= 0.6 is 0 Å². The van der Waals surface area contributed by atoms with Crippen molar-refractivity contribution in [2.45, 2.75) is 114 Å². The van der Waals surface area contributed by atoms with E-state index in [1.165, 1.54) is 24.3 Å². The summed E-state index contributed by atoms with van der Waals surface area (Å²) in [4.78, 5) is 123. The number of hydrogen-bond acceptors (Lipinski definition) is 12. The van der Waals surface area contributed by atoms with Crippen LogP contribution in [0.15, 0.2) is 59.6 Å². The quantitative estimate of drug-likeness (QED) is 0.0252. The fourth-order valence-electron chi connectivity index (χ4n) is 7.18. The summed E-state index contributed by atoms with van der Waals surface area (Å²) in [5.74, 6) is -8.76. The van der Waals surface area contributed by atoms with Crippen LogP contribution in [0, 0.1) is 5.92 Å². The first kappa shape index (κ1) is 53.0. The molecule has 23 nitrogen and oxygen atoms in total. The van der Waals surface area contributed by atoms with Crippen LogP contribution in [0.3, 0.4) is 0 Å². The van der Waals surface area contributed by atoms with Crippen LogP contribution in [-0.4, -0.2) is 130 Å². The zero-order valence-corrected chi connectivity index (χ0v) is 36.9. The second kappa shape index (κ2) is 25.9. The van der Waals surface area contributed by atoms with Gasteiger partial charge in [0.1, 0.15) is 42.0 Å². The first-order valence-electron chi connectivity index (χ1n) is 21.4. The third kappa shape index (κ3) is 17.7. The number of carboxylic acid groups (broad SMARTS) is 1. The molecule has 0 aliphatic carbocycles. The smallest absolute Gasteiger partial charge is 0.305 e. The highest BCUT2D eigenvalue weighted by atomic mass is 16.4. The average molecular weight is 923 g/mol. The van der Waals surface area contributed by atoms with E-state index in [-0.39, 0.29) is 75.7 Å². The van der Waals surface area contributed by atoms with Crippen molar-refractivity contribution in [1.82, 2.24) is 31.5 Å². The Morgan fingerprint density at radius 2 is 1.27 bits per heavy atom. The van der Waals surface area contributed by atoms with Crippen LogP contribution in [0.5, 0.6) is 5.75 Å². The Bertz CT molecular complexity index is 2070. The predicted molar refractivity (Wildman–Crippen MR) is 239 cm³/mol. The lowest BCUT2D eigenvalue weighted by atomic mass is 9.99. The van der Waals surface area contributed by atoms with Gasteiger partial charge in [-0.15, -0.1) is 0 Å². The molecule has 17 N–H and O–H groups in total. The van der Waals surface area contributed by atoms with E-state index in [1.54, 1.807) is 44.2 Å². The maximum atomic E-state index is 14.3. The molecule has 0 spiro atoms. The molecule has 0 aromatic heterocycles. The number of phenols is 1. The largest absolute Gasteiger partial charge is 0.508 e. The first-order valence-corrected chi connectivity index (χ1v) is 21.4. The Labute approximate surface area is 381 Å². The number of hydrogen-bond donors (Lipinski definition) is 12. The Morgan fingerprint density at radius 3 is 1.86 bits per heavy atom. The Hall–Kier alpha value is -7.30. The second-order valence-corrected chi connectivity index (χ2v) is 16.4. The summed E-state index contributed by atoms with van der Waals surface area (Å²) in [6.07, 6.45) is -0.922. The van der Waals surface area contributed by atoms with E-state index in [0.717, 1.165) is 4.90 Å². The van der Waals surface area contributed by atoms with Crippen LogP contribution in [0.4, 0.5) is 0 Å². The highest BCUT2D eigenvalue weighted by Gasteiger charge is 2.40. The van der Waals surface area contributed by atoms with Crippen molar-refractivity contribution in [2.24, 2.45) is 39.6 Å². The molecule has 1 saturated heterocycles. The standard InChI is InChI=1S/C43H62N12O11/c1-23(2)18-30(39(63)50-28(10-6-16-49-43(47)48)38(62)51-29(36(46)60)19-24-8-4-3-5-9-24)52-40(64)31(20-25-12-14-26(56)15-13-25)53-41(65)33-11-7-17-55(33)42(66)32(22-35(58)59)54-37(61)27(44)21-34(45)57/h3-5,8-9,12-15,23,27-33,56H,6-7,10-11,16-22,44H2,1-2H3,(H2,45,57)(H2,46,60)(H,50,63)(H,51,62)(H,52,64)(H,53,65)(H,54,61)(H,58,59)(H4,47,48,49)/t27-,28-,29-,30-,31-,32-,33-/m0/s1. The first-order chi connectivity index (χ1) is 31.1. The number of aromatic hydroxyl groups is 1. The molecule has 66 heavy (non-hydrogen) atoms. The molecule has 8 amide bonds. The Balaban J connectivity index is 1.89. The van der Waals surface area contributed by atoms with Crippen LogP contribution in [0.1, 0.15) is 69.9 Å². The molecule has 2 aromatic carbocycles. The number of phenolic OH excluding ortho intramolecular Hbond substituents is 1. The van der Waals surface area contributed by atoms with Gasteiger partial charge >= 0.3 is 5.97 Å². The van der Waals surface area contributed by atoms with E-state index in [1.807, 2.05) is 0 Å². The maximum Gasteiger partial charge on any atom is 0.305 e. The van der Waals surface area contributed by atoms with Gasteiger partial charge in [0.05, 0.1) is 18.9 Å². The van der Waals surface area contributed by atoms with Gasteiger partial charge in [0, 0.05) is 25.9 Å². The van der Waals surface area contributed by atoms with E-state index in [2.05, 4.69) is 31.6 Å². The number of amides is 8. The molecule has 360 valence electrons. The summed E-state index contributed by atoms with van der Waals surface area (Å²) in [5, 5.41) is 32.4. The monoisotopic (exact) mass is 922 g/mol. The van der Waals surface area contributed by atoms with Gasteiger partial charge in [-0.25, -0.2) is 0 Å². The zero-order valence-electron chi connectivity index (χ0n) is 36.9. The molecule has 0 bridgehead atoms. The molecule has 0 unspecified atom stereocenters. The number of nitrogens with two attached hydrogens (primary N) is 5. The third-order valence-corrected chi connectivity index (χ3v) is 10.5. The van der Waals surface area contributed by atoms with Gasteiger partial charge < -0.3 is 70.4 Å². The summed E-state index contributed by atoms with van der Waals surface area (Å²) >= 11 is 0. The number of nitrogens with zero attached hydrogens (tertiary/aromatic N) is 2. The van der Waals surface area contributed by atoms with E-state index < -0.39 is 108 Å². The fraction of sp³-hybridized carbons (Fsp3) is 0.488. The van der Waals surface area contributed by atoms with Gasteiger partial charge in [-0.05, 0) is 61.3 Å². The van der Waals surface area contributed by atoms with Gasteiger partial charge in [-0.1, -0.05) is 56.3 Å². The van der Waals surface area contributed by atoms with Crippen molar-refractivity contribution in [3.63, 3.8) is 0 Å². The molecule has 23 heteroatoms. The van der Waals surface area contributed by atoms with E-state index in [9.17, 15) is 53.4 Å². The van der Waals surface area contributed by atoms with Crippen molar-refractivity contribution >= 4 is 59.2 Å². The molecule has 1 fully saturated rings. The van der Waals surface area contributed by atoms with Crippen LogP contribution in [-0.2, 0) is 56.0 Å². The molecular weight excluding hydrogens is 861 g/mol. The Morgan fingerprint density at radius 1 is 0.712 bits per heavy atom. The number of carbonyl (C=O) groups excluding carboxylic acids is 8. The van der Waals surface area contributed by atoms with Crippen LogP contribution < -0.4 is 55.3 Å². The minimum absolute atomic E-state index is 0.000835. The third-order valence-electron chi connectivity index (χ3n) is 10.5. The van der Waals surface area contributed by atoms with Crippen LogP contribution in [0.25, 0.3) is 0 Å². The van der Waals surface area contributed by atoms with Gasteiger partial charge in [-0.3, -0.25) is 48.1 Å². The summed E-state index contributed by atoms with van der Waals surface area (Å²) < 4.78 is 0. The molecule has 3 rings (SSSR count). The highest BCUT2D eigenvalue weighted by molar-refractivity contribution is 5.98. The van der Waals surface area contributed by atoms with Crippen molar-refractivity contribution in [3.05, 3.63) is 65.7 Å². The van der Waals surface area contributed by atoms with Gasteiger partial charge in [-0.2, -0.15) is 0 Å². The number of rotatable bonds is 26. The summed E-state index contributed by atoms with van der Waals surface area (Å²) in [6.45, 7) is 3.66. The van der Waals surface area contributed by atoms with Gasteiger partial charge in [0.15, 0.2) is 5.96 Å². The average Bonchev–Trinajstić information content (AvgIpc) is 3.74. The van der Waals surface area contributed by atoms with Crippen molar-refractivity contribution in [3.8, 4) is 5.75 Å². The number of benzene rings is 2. The lowest BCUT2D eigenvalue weighted by Crippen LogP contribution is -2.60. The van der Waals surface area contributed by atoms with E-state index >= 15 is 0 Å². The molecule has 0 radical (unpaired) electrons. The maximum absolute atomic E-state index is 14.3. The van der Waals surface area contributed by atoms with Crippen LogP contribution in [0.2, 0.25) is 0 Å². The molecular formula is C43H62N12O11.